The van der Waals surface area contributed by atoms with Crippen molar-refractivity contribution in [1.29, 1.82) is 0 Å². The Kier molecular flexibility index (Phi) is 4.88. The topological polar surface area (TPSA) is 150 Å². The largest absolute Gasteiger partial charge is 0.700 e. The molecule has 0 bridgehead atoms. The first-order valence-corrected chi connectivity index (χ1v) is 6.03. The van der Waals surface area contributed by atoms with E-state index in [1.165, 1.54) is 4.90 Å². The summed E-state index contributed by atoms with van der Waals surface area (Å²) in [5.41, 5.74) is 0. The van der Waals surface area contributed by atoms with Gasteiger partial charge in [0, 0.05) is 19.5 Å². The molecule has 0 aromatic rings. The molecule has 0 aromatic heterocycles. The molecule has 0 radical (unpaired) electrons. The number of carbonyl (C=O) groups excluding carboxylic acids is 1. The number of nitrogens with zero attached hydrogens (tertiary/aromatic N) is 4. The molecule has 0 saturated carbocycles. The van der Waals surface area contributed by atoms with Gasteiger partial charge in [-0.05, 0) is 19.3 Å². The summed E-state index contributed by atoms with van der Waals surface area (Å²) < 4.78 is 0. The van der Waals surface area contributed by atoms with Crippen molar-refractivity contribution in [2.45, 2.75) is 37.9 Å². The smallest absolute Gasteiger partial charge is 0.343 e. The molecule has 1 fully saturated rings. The normalized spacial score (nSPS) is 15.7. The number of amides is 1. The average molecular weight is 290 g/mol. The minimum Gasteiger partial charge on any atom is -0.343 e. The molecule has 1 saturated heterocycles. The summed E-state index contributed by atoms with van der Waals surface area (Å²) in [7, 11) is 0. The van der Waals surface area contributed by atoms with E-state index < -0.39 is 39.3 Å². The Morgan fingerprint density at radius 1 is 0.950 bits per heavy atom. The van der Waals surface area contributed by atoms with Crippen LogP contribution in [0.25, 0.3) is 0 Å². The molecule has 0 atom stereocenters. The second-order valence-electron chi connectivity index (χ2n) is 4.49. The van der Waals surface area contributed by atoms with Crippen LogP contribution in [0.5, 0.6) is 0 Å². The van der Waals surface area contributed by atoms with Gasteiger partial charge in [0.05, 0.1) is 0 Å². The Morgan fingerprint density at radius 3 is 1.80 bits per heavy atom. The van der Waals surface area contributed by atoms with E-state index >= 15 is 0 Å². The molecule has 0 aliphatic carbocycles. The monoisotopic (exact) mass is 290 g/mol. The van der Waals surface area contributed by atoms with Crippen molar-refractivity contribution in [3.8, 4) is 0 Å². The molecule has 1 heterocycles. The Hall–Kier alpha value is -2.33. The highest BCUT2D eigenvalue weighted by atomic mass is 16.7. The lowest BCUT2D eigenvalue weighted by atomic mass is 10.1. The highest BCUT2D eigenvalue weighted by Crippen LogP contribution is 2.21. The zero-order valence-electron chi connectivity index (χ0n) is 10.6. The third-order valence-electron chi connectivity index (χ3n) is 3.26. The molecule has 1 aliphatic heterocycles. The van der Waals surface area contributed by atoms with Gasteiger partial charge in [-0.25, -0.2) is 0 Å². The molecular formula is C9H14N4O7. The van der Waals surface area contributed by atoms with E-state index in [4.69, 9.17) is 0 Å². The standard InChI is InChI=1S/C9H14N4O7/c14-8(10-6-2-1-3-7-10)4-5-9(11(15)16,12(17)18)13(19)20/h1-7H2. The second-order valence-corrected chi connectivity index (χ2v) is 4.49. The molecule has 1 amide bonds. The molecular weight excluding hydrogens is 276 g/mol. The minimum absolute atomic E-state index is 0.473. The zero-order chi connectivity index (χ0) is 15.3. The van der Waals surface area contributed by atoms with Crippen molar-refractivity contribution in [2.24, 2.45) is 0 Å². The molecule has 11 heteroatoms. The molecule has 0 unspecified atom stereocenters. The first-order chi connectivity index (χ1) is 9.32. The molecule has 0 aromatic carbocycles. The number of likely N-dealkylation sites (tertiary alicyclic amines) is 1. The maximum Gasteiger partial charge on any atom is 0.700 e. The van der Waals surface area contributed by atoms with Crippen molar-refractivity contribution >= 4 is 5.91 Å². The van der Waals surface area contributed by atoms with Crippen LogP contribution in [0.2, 0.25) is 0 Å². The number of nitro groups is 3. The Labute approximate surface area is 113 Å². The molecule has 1 rings (SSSR count). The predicted molar refractivity (Wildman–Crippen MR) is 63.4 cm³/mol. The van der Waals surface area contributed by atoms with Crippen LogP contribution < -0.4 is 0 Å². The van der Waals surface area contributed by atoms with E-state index in [0.29, 0.717) is 13.1 Å². The van der Waals surface area contributed by atoms with Crippen molar-refractivity contribution in [3.63, 3.8) is 0 Å². The van der Waals surface area contributed by atoms with Crippen molar-refractivity contribution in [1.82, 2.24) is 4.90 Å². The Bertz CT molecular complexity index is 396. The molecule has 1 aliphatic rings. The van der Waals surface area contributed by atoms with Crippen LogP contribution in [-0.4, -0.2) is 44.5 Å². The van der Waals surface area contributed by atoms with Gasteiger partial charge in [-0.2, -0.15) is 0 Å². The van der Waals surface area contributed by atoms with Gasteiger partial charge in [0.1, 0.15) is 0 Å². The van der Waals surface area contributed by atoms with E-state index in [2.05, 4.69) is 0 Å². The van der Waals surface area contributed by atoms with Crippen LogP contribution in [0.1, 0.15) is 32.1 Å². The van der Waals surface area contributed by atoms with Gasteiger partial charge < -0.3 is 4.90 Å². The number of hydrogen-bond donors (Lipinski definition) is 0. The molecule has 112 valence electrons. The third kappa shape index (κ3) is 2.97. The van der Waals surface area contributed by atoms with Crippen LogP contribution in [0.3, 0.4) is 0 Å². The van der Waals surface area contributed by atoms with Gasteiger partial charge in [0.2, 0.25) is 5.91 Å². The summed E-state index contributed by atoms with van der Waals surface area (Å²) in [4.78, 5) is 40.6. The van der Waals surface area contributed by atoms with Gasteiger partial charge in [-0.3, -0.25) is 35.1 Å². The minimum atomic E-state index is -3.55. The first kappa shape index (κ1) is 15.7. The number of piperidine rings is 1. The van der Waals surface area contributed by atoms with E-state index in [1.54, 1.807) is 0 Å². The second kappa shape index (κ2) is 6.21. The van der Waals surface area contributed by atoms with Gasteiger partial charge in [-0.15, -0.1) is 0 Å². The summed E-state index contributed by atoms with van der Waals surface area (Å²) in [6.07, 6.45) is 0.887. The van der Waals surface area contributed by atoms with Gasteiger partial charge in [0.15, 0.2) is 21.2 Å². The quantitative estimate of drug-likeness (QED) is 0.386. The van der Waals surface area contributed by atoms with Crippen LogP contribution in [0, 0.1) is 30.3 Å². The fraction of sp³-hybridized carbons (Fsp3) is 0.889. The zero-order valence-corrected chi connectivity index (χ0v) is 10.6. The molecule has 20 heavy (non-hydrogen) atoms. The van der Waals surface area contributed by atoms with E-state index in [0.717, 1.165) is 19.3 Å². The van der Waals surface area contributed by atoms with Gasteiger partial charge in [-0.1, -0.05) is 0 Å². The van der Waals surface area contributed by atoms with E-state index in [1.807, 2.05) is 0 Å². The summed E-state index contributed by atoms with van der Waals surface area (Å²) in [5.74, 6) is -4.08. The lowest BCUT2D eigenvalue weighted by molar-refractivity contribution is -0.970. The summed E-state index contributed by atoms with van der Waals surface area (Å²) in [6.45, 7) is 0.947. The number of hydrogen-bond acceptors (Lipinski definition) is 7. The average Bonchev–Trinajstić information content (AvgIpc) is 2.38. The summed E-state index contributed by atoms with van der Waals surface area (Å²) >= 11 is 0. The van der Waals surface area contributed by atoms with Crippen LogP contribution in [0.15, 0.2) is 0 Å². The van der Waals surface area contributed by atoms with Crippen LogP contribution in [0.4, 0.5) is 0 Å². The number of rotatable bonds is 6. The fourth-order valence-electron chi connectivity index (χ4n) is 2.05. The van der Waals surface area contributed by atoms with Crippen molar-refractivity contribution < 1.29 is 19.6 Å². The van der Waals surface area contributed by atoms with E-state index in [-0.39, 0.29) is 0 Å². The highest BCUT2D eigenvalue weighted by Gasteiger charge is 2.69. The van der Waals surface area contributed by atoms with Gasteiger partial charge >= 0.3 is 5.79 Å². The van der Waals surface area contributed by atoms with Crippen LogP contribution >= 0.6 is 0 Å². The maximum absolute atomic E-state index is 11.8. The third-order valence-corrected chi connectivity index (χ3v) is 3.26. The fourth-order valence-corrected chi connectivity index (χ4v) is 2.05. The Morgan fingerprint density at radius 2 is 1.40 bits per heavy atom. The predicted octanol–water partition coefficient (Wildman–Crippen LogP) is 0.263. The number of carbonyl (C=O) groups is 1. The lowest BCUT2D eigenvalue weighted by Crippen LogP contribution is -2.53. The van der Waals surface area contributed by atoms with Crippen molar-refractivity contribution in [3.05, 3.63) is 30.3 Å². The van der Waals surface area contributed by atoms with E-state index in [9.17, 15) is 35.1 Å². The van der Waals surface area contributed by atoms with Gasteiger partial charge in [0.25, 0.3) is 0 Å². The summed E-state index contributed by atoms with van der Waals surface area (Å²) in [5, 5.41) is 32.1. The summed E-state index contributed by atoms with van der Waals surface area (Å²) in [6, 6.07) is 0. The highest BCUT2D eigenvalue weighted by molar-refractivity contribution is 5.76. The first-order valence-electron chi connectivity index (χ1n) is 6.03. The SMILES string of the molecule is O=C(CCC([N+](=O)[O-])([N+](=O)[O-])[N+](=O)[O-])N1CCCCC1. The molecule has 0 N–H and O–H groups in total. The molecule has 11 nitrogen and oxygen atoms in total. The Balaban J connectivity index is 2.76. The molecule has 0 spiro atoms. The van der Waals surface area contributed by atoms with Crippen molar-refractivity contribution in [2.75, 3.05) is 13.1 Å². The lowest BCUT2D eigenvalue weighted by Gasteiger charge is -2.26. The van der Waals surface area contributed by atoms with Crippen LogP contribution in [-0.2, 0) is 4.79 Å². The maximum atomic E-state index is 11.8.